The van der Waals surface area contributed by atoms with Gasteiger partial charge in [-0.3, -0.25) is 4.79 Å². The lowest BCUT2D eigenvalue weighted by Gasteiger charge is -2.07. The number of rotatable bonds is 5. The molecule has 0 aliphatic rings. The van der Waals surface area contributed by atoms with Gasteiger partial charge in [0.2, 0.25) is 0 Å². The molecule has 3 aromatic rings. The molecule has 0 aliphatic heterocycles. The van der Waals surface area contributed by atoms with Crippen molar-refractivity contribution >= 4 is 11.6 Å². The number of carbonyl (C=O) groups excluding carboxylic acids is 1. The Bertz CT molecular complexity index is 822. The van der Waals surface area contributed by atoms with Crippen molar-refractivity contribution in [2.24, 2.45) is 0 Å². The molecule has 1 aromatic carbocycles. The van der Waals surface area contributed by atoms with Gasteiger partial charge < -0.3 is 14.5 Å². The number of imidazole rings is 1. The topological polar surface area (TPSA) is 55.6 Å². The number of ether oxygens (including phenoxy) is 1. The molecule has 2 heterocycles. The highest BCUT2D eigenvalue weighted by Crippen LogP contribution is 2.12. The van der Waals surface area contributed by atoms with Crippen molar-refractivity contribution in [3.63, 3.8) is 0 Å². The smallest absolute Gasteiger partial charge is 0.255 e. The van der Waals surface area contributed by atoms with Crippen molar-refractivity contribution in [3.05, 3.63) is 65.6 Å². The van der Waals surface area contributed by atoms with Gasteiger partial charge in [-0.25, -0.2) is 4.98 Å². The van der Waals surface area contributed by atoms with Crippen molar-refractivity contribution in [1.82, 2.24) is 14.7 Å². The summed E-state index contributed by atoms with van der Waals surface area (Å²) in [5.41, 5.74) is 3.33. The Hall–Kier alpha value is -2.82. The zero-order valence-corrected chi connectivity index (χ0v) is 13.2. The van der Waals surface area contributed by atoms with Crippen LogP contribution in [0.1, 0.15) is 21.6 Å². The van der Waals surface area contributed by atoms with E-state index in [0.717, 1.165) is 23.4 Å². The lowest BCUT2D eigenvalue weighted by molar-refractivity contribution is 0.0955. The maximum absolute atomic E-state index is 12.4. The fourth-order valence-corrected chi connectivity index (χ4v) is 2.52. The van der Waals surface area contributed by atoms with Crippen LogP contribution in [-0.2, 0) is 6.42 Å². The number of hydrogen-bond donors (Lipinski definition) is 1. The highest BCUT2D eigenvalue weighted by molar-refractivity contribution is 5.99. The average molecular weight is 309 g/mol. The minimum atomic E-state index is -0.102. The number of nitrogens with one attached hydrogen (secondary N) is 1. The van der Waals surface area contributed by atoms with E-state index in [4.69, 9.17) is 4.74 Å². The van der Waals surface area contributed by atoms with E-state index >= 15 is 0 Å². The molecule has 0 bridgehead atoms. The standard InChI is InChI=1S/C18H19N3O2/c1-13-12-21-11-3-4-16(17(21)20-13)18(22)19-10-9-14-5-7-15(23-2)8-6-14/h3-8,11-12H,9-10H2,1-2H3,(H,19,22). The molecular formula is C18H19N3O2. The molecule has 23 heavy (non-hydrogen) atoms. The molecule has 0 fully saturated rings. The van der Waals surface area contributed by atoms with Crippen LogP contribution in [-0.4, -0.2) is 28.9 Å². The van der Waals surface area contributed by atoms with Crippen LogP contribution in [0.2, 0.25) is 0 Å². The molecule has 5 nitrogen and oxygen atoms in total. The third kappa shape index (κ3) is 3.34. The largest absolute Gasteiger partial charge is 0.497 e. The third-order valence-corrected chi connectivity index (χ3v) is 3.71. The van der Waals surface area contributed by atoms with Gasteiger partial charge in [-0.05, 0) is 43.2 Å². The lowest BCUT2D eigenvalue weighted by Crippen LogP contribution is -2.26. The van der Waals surface area contributed by atoms with Gasteiger partial charge in [0.05, 0.1) is 18.4 Å². The summed E-state index contributed by atoms with van der Waals surface area (Å²) in [7, 11) is 1.65. The first-order chi connectivity index (χ1) is 11.2. The number of fused-ring (bicyclic) bond motifs is 1. The molecule has 0 saturated heterocycles. The number of methoxy groups -OCH3 is 1. The molecule has 1 N–H and O–H groups in total. The van der Waals surface area contributed by atoms with Crippen LogP contribution in [0.4, 0.5) is 0 Å². The van der Waals surface area contributed by atoms with Gasteiger partial charge in [0.15, 0.2) is 0 Å². The second-order valence-corrected chi connectivity index (χ2v) is 5.39. The number of hydrogen-bond acceptors (Lipinski definition) is 3. The Labute approximate surface area is 134 Å². The van der Waals surface area contributed by atoms with E-state index in [-0.39, 0.29) is 5.91 Å². The van der Waals surface area contributed by atoms with Gasteiger partial charge in [0.25, 0.3) is 5.91 Å². The second-order valence-electron chi connectivity index (χ2n) is 5.39. The van der Waals surface area contributed by atoms with Crippen LogP contribution >= 0.6 is 0 Å². The number of pyridine rings is 1. The van der Waals surface area contributed by atoms with Gasteiger partial charge in [-0.15, -0.1) is 0 Å². The molecule has 118 valence electrons. The van der Waals surface area contributed by atoms with Crippen LogP contribution in [0, 0.1) is 6.92 Å². The Morgan fingerprint density at radius 1 is 1.26 bits per heavy atom. The van der Waals surface area contributed by atoms with Crippen LogP contribution < -0.4 is 10.1 Å². The van der Waals surface area contributed by atoms with Crippen LogP contribution in [0.15, 0.2) is 48.8 Å². The highest BCUT2D eigenvalue weighted by Gasteiger charge is 2.11. The number of aryl methyl sites for hydroxylation is 1. The normalized spacial score (nSPS) is 10.7. The Morgan fingerprint density at radius 2 is 2.04 bits per heavy atom. The molecule has 0 unspecified atom stereocenters. The summed E-state index contributed by atoms with van der Waals surface area (Å²) in [6.07, 6.45) is 4.57. The third-order valence-electron chi connectivity index (χ3n) is 3.71. The minimum Gasteiger partial charge on any atom is -0.497 e. The first-order valence-corrected chi connectivity index (χ1v) is 7.53. The second kappa shape index (κ2) is 6.52. The number of nitrogens with zero attached hydrogens (tertiary/aromatic N) is 2. The molecular weight excluding hydrogens is 290 g/mol. The predicted octanol–water partition coefficient (Wildman–Crippen LogP) is 2.62. The molecule has 5 heteroatoms. The maximum atomic E-state index is 12.4. The average Bonchev–Trinajstić information content (AvgIpc) is 2.95. The molecule has 2 aromatic heterocycles. The zero-order chi connectivity index (χ0) is 16.2. The van der Waals surface area contributed by atoms with Crippen LogP contribution in [0.5, 0.6) is 5.75 Å². The Balaban J connectivity index is 1.64. The molecule has 0 atom stereocenters. The Kier molecular flexibility index (Phi) is 4.28. The van der Waals surface area contributed by atoms with Gasteiger partial charge in [-0.1, -0.05) is 12.1 Å². The summed E-state index contributed by atoms with van der Waals surface area (Å²) in [5.74, 6) is 0.730. The quantitative estimate of drug-likeness (QED) is 0.788. The summed E-state index contributed by atoms with van der Waals surface area (Å²) in [4.78, 5) is 16.8. The van der Waals surface area contributed by atoms with Crippen LogP contribution in [0.25, 0.3) is 5.65 Å². The van der Waals surface area contributed by atoms with Gasteiger partial charge in [0.1, 0.15) is 11.4 Å². The molecule has 1 amide bonds. The maximum Gasteiger partial charge on any atom is 0.255 e. The summed E-state index contributed by atoms with van der Waals surface area (Å²) >= 11 is 0. The number of aromatic nitrogens is 2. The lowest BCUT2D eigenvalue weighted by atomic mass is 10.1. The molecule has 0 spiro atoms. The van der Waals surface area contributed by atoms with E-state index in [1.807, 2.05) is 54.0 Å². The molecule has 0 radical (unpaired) electrons. The van der Waals surface area contributed by atoms with E-state index in [1.54, 1.807) is 13.2 Å². The minimum absolute atomic E-state index is 0.102. The van der Waals surface area contributed by atoms with Crippen molar-refractivity contribution in [1.29, 1.82) is 0 Å². The van der Waals surface area contributed by atoms with E-state index in [2.05, 4.69) is 10.3 Å². The van der Waals surface area contributed by atoms with Crippen molar-refractivity contribution in [2.75, 3.05) is 13.7 Å². The summed E-state index contributed by atoms with van der Waals surface area (Å²) in [5, 5.41) is 2.95. The summed E-state index contributed by atoms with van der Waals surface area (Å²) in [6.45, 7) is 2.49. The van der Waals surface area contributed by atoms with Crippen molar-refractivity contribution in [2.45, 2.75) is 13.3 Å². The van der Waals surface area contributed by atoms with Gasteiger partial charge >= 0.3 is 0 Å². The van der Waals surface area contributed by atoms with E-state index < -0.39 is 0 Å². The molecule has 0 saturated carbocycles. The van der Waals surface area contributed by atoms with Crippen molar-refractivity contribution in [3.8, 4) is 5.75 Å². The fourth-order valence-electron chi connectivity index (χ4n) is 2.52. The van der Waals surface area contributed by atoms with E-state index in [0.29, 0.717) is 17.8 Å². The first-order valence-electron chi connectivity index (χ1n) is 7.53. The van der Waals surface area contributed by atoms with Crippen molar-refractivity contribution < 1.29 is 9.53 Å². The SMILES string of the molecule is COc1ccc(CCNC(=O)c2cccn3cc(C)nc23)cc1. The molecule has 3 rings (SSSR count). The summed E-state index contributed by atoms with van der Waals surface area (Å²) in [6, 6.07) is 11.5. The number of benzene rings is 1. The molecule has 0 aliphatic carbocycles. The van der Waals surface area contributed by atoms with E-state index in [9.17, 15) is 4.79 Å². The van der Waals surface area contributed by atoms with Crippen LogP contribution in [0.3, 0.4) is 0 Å². The predicted molar refractivity (Wildman–Crippen MR) is 89.0 cm³/mol. The number of carbonyl (C=O) groups is 1. The van der Waals surface area contributed by atoms with E-state index in [1.165, 1.54) is 0 Å². The van der Waals surface area contributed by atoms with Gasteiger partial charge in [-0.2, -0.15) is 0 Å². The zero-order valence-electron chi connectivity index (χ0n) is 13.2. The highest BCUT2D eigenvalue weighted by atomic mass is 16.5. The fraction of sp³-hybridized carbons (Fsp3) is 0.222. The number of amides is 1. The summed E-state index contributed by atoms with van der Waals surface area (Å²) < 4.78 is 7.00. The first kappa shape index (κ1) is 15.1. The van der Waals surface area contributed by atoms with Gasteiger partial charge in [0, 0.05) is 18.9 Å². The Morgan fingerprint density at radius 3 is 2.78 bits per heavy atom. The monoisotopic (exact) mass is 309 g/mol.